The Morgan fingerprint density at radius 2 is 1.56 bits per heavy atom. The van der Waals surface area contributed by atoms with Crippen molar-refractivity contribution >= 4 is 11.0 Å². The zero-order chi connectivity index (χ0) is 13.6. The van der Waals surface area contributed by atoms with Gasteiger partial charge in [0.25, 0.3) is 0 Å². The molecule has 18 heavy (non-hydrogen) atoms. The monoisotopic (exact) mass is 244 g/mol. The third kappa shape index (κ3) is 2.33. The van der Waals surface area contributed by atoms with Crippen LogP contribution < -0.4 is 0 Å². The lowest BCUT2D eigenvalue weighted by atomic mass is 9.88. The van der Waals surface area contributed by atoms with E-state index in [4.69, 9.17) is 4.98 Å². The van der Waals surface area contributed by atoms with Crippen LogP contribution in [0.15, 0.2) is 12.3 Å². The van der Waals surface area contributed by atoms with E-state index >= 15 is 0 Å². The van der Waals surface area contributed by atoms with Gasteiger partial charge in [-0.15, -0.1) is 5.10 Å². The molecule has 4 nitrogen and oxygen atoms in total. The molecule has 0 bridgehead atoms. The summed E-state index contributed by atoms with van der Waals surface area (Å²) in [7, 11) is 0. The number of fused-ring (bicyclic) bond motifs is 1. The average molecular weight is 244 g/mol. The van der Waals surface area contributed by atoms with Crippen molar-refractivity contribution in [2.75, 3.05) is 0 Å². The van der Waals surface area contributed by atoms with Gasteiger partial charge in [0.15, 0.2) is 5.65 Å². The van der Waals surface area contributed by atoms with Gasteiger partial charge in [-0.2, -0.15) is 5.10 Å². The molecule has 0 spiro atoms. The first-order valence-electron chi connectivity index (χ1n) is 6.20. The molecule has 0 fully saturated rings. The number of nitrogens with zero attached hydrogens (tertiary/aromatic N) is 4. The van der Waals surface area contributed by atoms with Gasteiger partial charge in [0.1, 0.15) is 5.82 Å². The molecule has 0 amide bonds. The first kappa shape index (κ1) is 12.9. The lowest BCUT2D eigenvalue weighted by Gasteiger charge is -2.23. The van der Waals surface area contributed by atoms with E-state index in [1.807, 2.05) is 6.07 Å². The zero-order valence-electron chi connectivity index (χ0n) is 11.9. The van der Waals surface area contributed by atoms with E-state index in [0.717, 1.165) is 16.9 Å². The predicted molar refractivity (Wildman–Crippen MR) is 72.5 cm³/mol. The molecule has 0 radical (unpaired) electrons. The van der Waals surface area contributed by atoms with Crippen LogP contribution in [0, 0.1) is 0 Å². The molecule has 2 aromatic rings. The molecule has 0 aliphatic heterocycles. The predicted octanol–water partition coefficient (Wildman–Crippen LogP) is 3.01. The van der Waals surface area contributed by atoms with Crippen LogP contribution in [0.5, 0.6) is 0 Å². The van der Waals surface area contributed by atoms with Crippen LogP contribution in [0.4, 0.5) is 0 Å². The molecule has 0 saturated carbocycles. The van der Waals surface area contributed by atoms with E-state index in [-0.39, 0.29) is 10.8 Å². The Kier molecular flexibility index (Phi) is 2.84. The van der Waals surface area contributed by atoms with Crippen molar-refractivity contribution in [3.05, 3.63) is 23.8 Å². The van der Waals surface area contributed by atoms with Crippen molar-refractivity contribution in [1.29, 1.82) is 0 Å². The van der Waals surface area contributed by atoms with Crippen molar-refractivity contribution < 1.29 is 0 Å². The summed E-state index contributed by atoms with van der Waals surface area (Å²) in [6.07, 6.45) is 1.69. The average Bonchev–Trinajstić information content (AvgIpc) is 2.25. The van der Waals surface area contributed by atoms with Gasteiger partial charge in [-0.1, -0.05) is 41.5 Å². The van der Waals surface area contributed by atoms with E-state index in [0.29, 0.717) is 5.65 Å². The van der Waals surface area contributed by atoms with Crippen LogP contribution in [0.3, 0.4) is 0 Å². The van der Waals surface area contributed by atoms with Gasteiger partial charge in [-0.05, 0) is 6.07 Å². The Balaban J connectivity index is 2.81. The van der Waals surface area contributed by atoms with Gasteiger partial charge in [0, 0.05) is 16.2 Å². The lowest BCUT2D eigenvalue weighted by molar-refractivity contribution is 0.519. The van der Waals surface area contributed by atoms with E-state index < -0.39 is 0 Å². The molecule has 2 rings (SSSR count). The molecule has 0 aromatic carbocycles. The maximum atomic E-state index is 4.76. The quantitative estimate of drug-likeness (QED) is 0.714. The molecule has 0 aliphatic rings. The summed E-state index contributed by atoms with van der Waals surface area (Å²) in [5.41, 5.74) is 1.59. The second kappa shape index (κ2) is 3.97. The van der Waals surface area contributed by atoms with Crippen LogP contribution >= 0.6 is 0 Å². The third-order valence-corrected chi connectivity index (χ3v) is 2.77. The largest absolute Gasteiger partial charge is 0.236 e. The molecule has 0 unspecified atom stereocenters. The van der Waals surface area contributed by atoms with Crippen molar-refractivity contribution in [3.8, 4) is 0 Å². The minimum Gasteiger partial charge on any atom is -0.236 e. The minimum absolute atomic E-state index is 0.0375. The molecule has 0 saturated heterocycles. The first-order chi connectivity index (χ1) is 8.19. The van der Waals surface area contributed by atoms with Gasteiger partial charge >= 0.3 is 0 Å². The maximum absolute atomic E-state index is 4.76. The molecular formula is C14H20N4. The van der Waals surface area contributed by atoms with Gasteiger partial charge in [-0.25, -0.2) is 9.97 Å². The van der Waals surface area contributed by atoms with Crippen LogP contribution in [-0.4, -0.2) is 20.2 Å². The summed E-state index contributed by atoms with van der Waals surface area (Å²) in [4.78, 5) is 9.30. The summed E-state index contributed by atoms with van der Waals surface area (Å²) in [6.45, 7) is 12.8. The van der Waals surface area contributed by atoms with Crippen LogP contribution in [0.1, 0.15) is 53.1 Å². The van der Waals surface area contributed by atoms with E-state index in [1.54, 1.807) is 6.20 Å². The van der Waals surface area contributed by atoms with Gasteiger partial charge in [-0.3, -0.25) is 0 Å². The fourth-order valence-electron chi connectivity index (χ4n) is 1.79. The summed E-state index contributed by atoms with van der Waals surface area (Å²) in [6, 6.07) is 1.94. The third-order valence-electron chi connectivity index (χ3n) is 2.77. The SMILES string of the molecule is CC(C)(C)c1nc(C(C)(C)C)c2ccnnc2n1. The Morgan fingerprint density at radius 3 is 2.11 bits per heavy atom. The summed E-state index contributed by atoms with van der Waals surface area (Å²) in [5.74, 6) is 0.820. The normalized spacial score (nSPS) is 13.0. The number of rotatable bonds is 0. The van der Waals surface area contributed by atoms with Gasteiger partial charge in [0.05, 0.1) is 11.9 Å². The Labute approximate surface area is 108 Å². The highest BCUT2D eigenvalue weighted by atomic mass is 15.1. The van der Waals surface area contributed by atoms with Crippen molar-refractivity contribution in [3.63, 3.8) is 0 Å². The number of hydrogen-bond acceptors (Lipinski definition) is 4. The molecule has 96 valence electrons. The highest BCUT2D eigenvalue weighted by Crippen LogP contribution is 2.29. The first-order valence-corrected chi connectivity index (χ1v) is 6.20. The fourth-order valence-corrected chi connectivity index (χ4v) is 1.79. The second-order valence-electron chi connectivity index (χ2n) is 6.66. The van der Waals surface area contributed by atoms with Crippen molar-refractivity contribution in [2.45, 2.75) is 52.4 Å². The Bertz CT molecular complexity index is 576. The summed E-state index contributed by atoms with van der Waals surface area (Å²) in [5, 5.41) is 9.04. The fraction of sp³-hybridized carbons (Fsp3) is 0.571. The molecule has 0 aliphatic carbocycles. The summed E-state index contributed by atoms with van der Waals surface area (Å²) >= 11 is 0. The van der Waals surface area contributed by atoms with Crippen molar-refractivity contribution in [1.82, 2.24) is 20.2 Å². The molecule has 0 N–H and O–H groups in total. The minimum atomic E-state index is -0.0916. The van der Waals surface area contributed by atoms with Crippen LogP contribution in [0.2, 0.25) is 0 Å². The Hall–Kier alpha value is -1.58. The van der Waals surface area contributed by atoms with Gasteiger partial charge in [0.2, 0.25) is 0 Å². The smallest absolute Gasteiger partial charge is 0.185 e. The molecule has 2 heterocycles. The van der Waals surface area contributed by atoms with Crippen LogP contribution in [-0.2, 0) is 10.8 Å². The van der Waals surface area contributed by atoms with E-state index in [2.05, 4.69) is 56.7 Å². The standard InChI is InChI=1S/C14H20N4/c1-13(2,3)10-9-7-8-15-18-11(9)17-12(16-10)14(4,5)6/h7-8H,1-6H3. The van der Waals surface area contributed by atoms with Crippen LogP contribution in [0.25, 0.3) is 11.0 Å². The van der Waals surface area contributed by atoms with E-state index in [9.17, 15) is 0 Å². The molecule has 2 aromatic heterocycles. The highest BCUT2D eigenvalue weighted by molar-refractivity contribution is 5.77. The van der Waals surface area contributed by atoms with Gasteiger partial charge < -0.3 is 0 Å². The lowest BCUT2D eigenvalue weighted by Crippen LogP contribution is -2.22. The Morgan fingerprint density at radius 1 is 0.889 bits per heavy atom. The second-order valence-corrected chi connectivity index (χ2v) is 6.66. The number of hydrogen-bond donors (Lipinski definition) is 0. The molecule has 4 heteroatoms. The topological polar surface area (TPSA) is 51.6 Å². The molecular weight excluding hydrogens is 224 g/mol. The van der Waals surface area contributed by atoms with E-state index in [1.165, 1.54) is 0 Å². The highest BCUT2D eigenvalue weighted by Gasteiger charge is 2.25. The van der Waals surface area contributed by atoms with Crippen molar-refractivity contribution in [2.24, 2.45) is 0 Å². The molecule has 0 atom stereocenters. The summed E-state index contributed by atoms with van der Waals surface area (Å²) < 4.78 is 0. The zero-order valence-corrected chi connectivity index (χ0v) is 11.9. The maximum Gasteiger partial charge on any atom is 0.185 e. The number of aromatic nitrogens is 4.